The maximum atomic E-state index is 9.33. The van der Waals surface area contributed by atoms with E-state index in [0.29, 0.717) is 11.3 Å². The van der Waals surface area contributed by atoms with E-state index in [-0.39, 0.29) is 0 Å². The van der Waals surface area contributed by atoms with Gasteiger partial charge >= 0.3 is 0 Å². The van der Waals surface area contributed by atoms with Crippen LogP contribution in [-0.2, 0) is 7.05 Å². The van der Waals surface area contributed by atoms with Gasteiger partial charge in [-0.25, -0.2) is 4.98 Å². The highest BCUT2D eigenvalue weighted by Gasteiger charge is 2.05. The summed E-state index contributed by atoms with van der Waals surface area (Å²) in [6.07, 6.45) is 5.38. The van der Waals surface area contributed by atoms with Crippen molar-refractivity contribution in [3.63, 3.8) is 0 Å². The molecular weight excluding hydrogens is 248 g/mol. The largest absolute Gasteiger partial charge is 0.275 e. The number of fused-ring (bicyclic) bond motifs is 1. The van der Waals surface area contributed by atoms with Crippen LogP contribution >= 0.6 is 0 Å². The van der Waals surface area contributed by atoms with Crippen LogP contribution in [0, 0.1) is 11.3 Å². The second-order valence-corrected chi connectivity index (χ2v) is 4.51. The molecule has 0 radical (unpaired) electrons. The number of hydrogen-bond acceptors (Lipinski definition) is 3. The van der Waals surface area contributed by atoms with Crippen LogP contribution in [-0.4, -0.2) is 14.8 Å². The molecule has 0 fully saturated rings. The molecule has 0 bridgehead atoms. The molecule has 1 aromatic carbocycles. The Balaban J connectivity index is 2.07. The van der Waals surface area contributed by atoms with Crippen molar-refractivity contribution in [3.8, 4) is 6.07 Å². The van der Waals surface area contributed by atoms with E-state index in [4.69, 9.17) is 0 Å². The van der Waals surface area contributed by atoms with Crippen molar-refractivity contribution in [1.29, 1.82) is 5.26 Å². The average molecular weight is 260 g/mol. The number of rotatable bonds is 2. The van der Waals surface area contributed by atoms with Gasteiger partial charge in [-0.05, 0) is 18.2 Å². The van der Waals surface area contributed by atoms with E-state index < -0.39 is 0 Å². The summed E-state index contributed by atoms with van der Waals surface area (Å²) in [5.41, 5.74) is 2.98. The summed E-state index contributed by atoms with van der Waals surface area (Å²) in [5.74, 6) is 0. The van der Waals surface area contributed by atoms with E-state index in [1.54, 1.807) is 17.0 Å². The fourth-order valence-corrected chi connectivity index (χ4v) is 2.06. The maximum absolute atomic E-state index is 9.33. The first-order valence-corrected chi connectivity index (χ1v) is 6.23. The summed E-state index contributed by atoms with van der Waals surface area (Å²) in [5, 5.41) is 14.5. The molecule has 2 aromatic heterocycles. The van der Waals surface area contributed by atoms with Gasteiger partial charge in [-0.15, -0.1) is 0 Å². The monoisotopic (exact) mass is 260 g/mol. The number of benzene rings is 1. The Labute approximate surface area is 116 Å². The second kappa shape index (κ2) is 4.98. The number of para-hydroxylation sites is 1. The Morgan fingerprint density at radius 3 is 2.85 bits per heavy atom. The lowest BCUT2D eigenvalue weighted by molar-refractivity contribution is 0.767. The van der Waals surface area contributed by atoms with E-state index in [1.165, 1.54) is 0 Å². The summed E-state index contributed by atoms with van der Waals surface area (Å²) in [6.45, 7) is 0. The molecule has 4 heteroatoms. The standard InChI is InChI=1S/C16H12N4/c1-20-11-12(10-18-20)8-14(9-17)16-7-6-13-4-2-3-5-15(13)19-16/h2-8,10-11H,1H3/b14-8-. The third-order valence-corrected chi connectivity index (χ3v) is 3.03. The van der Waals surface area contributed by atoms with E-state index in [9.17, 15) is 5.26 Å². The topological polar surface area (TPSA) is 54.5 Å². The Morgan fingerprint density at radius 2 is 2.10 bits per heavy atom. The summed E-state index contributed by atoms with van der Waals surface area (Å²) >= 11 is 0. The third kappa shape index (κ3) is 2.29. The van der Waals surface area contributed by atoms with Gasteiger partial charge in [0.1, 0.15) is 6.07 Å². The first kappa shape index (κ1) is 12.1. The third-order valence-electron chi connectivity index (χ3n) is 3.03. The molecule has 4 nitrogen and oxygen atoms in total. The van der Waals surface area contributed by atoms with Crippen LogP contribution in [0.2, 0.25) is 0 Å². The summed E-state index contributed by atoms with van der Waals surface area (Å²) in [6, 6.07) is 13.9. The first-order chi connectivity index (χ1) is 9.76. The fraction of sp³-hybridized carbons (Fsp3) is 0.0625. The Kier molecular flexibility index (Phi) is 3.02. The Morgan fingerprint density at radius 1 is 1.25 bits per heavy atom. The number of aryl methyl sites for hydroxylation is 1. The van der Waals surface area contributed by atoms with Crippen LogP contribution in [0.5, 0.6) is 0 Å². The lowest BCUT2D eigenvalue weighted by atomic mass is 10.1. The van der Waals surface area contributed by atoms with Crippen molar-refractivity contribution in [1.82, 2.24) is 14.8 Å². The van der Waals surface area contributed by atoms with E-state index >= 15 is 0 Å². The molecule has 0 amide bonds. The molecule has 0 atom stereocenters. The molecule has 0 unspecified atom stereocenters. The van der Waals surface area contributed by atoms with Gasteiger partial charge in [0.2, 0.25) is 0 Å². The minimum absolute atomic E-state index is 0.531. The highest BCUT2D eigenvalue weighted by atomic mass is 15.2. The van der Waals surface area contributed by atoms with Crippen LogP contribution in [0.3, 0.4) is 0 Å². The van der Waals surface area contributed by atoms with Gasteiger partial charge in [0.25, 0.3) is 0 Å². The SMILES string of the molecule is Cn1cc(/C=C(/C#N)c2ccc3ccccc3n2)cn1. The van der Waals surface area contributed by atoms with Gasteiger partial charge in [-0.1, -0.05) is 24.3 Å². The highest BCUT2D eigenvalue weighted by molar-refractivity contribution is 5.90. The molecule has 3 rings (SSSR count). The average Bonchev–Trinajstić information content (AvgIpc) is 2.89. The Bertz CT molecular complexity index is 837. The van der Waals surface area contributed by atoms with Crippen molar-refractivity contribution >= 4 is 22.6 Å². The van der Waals surface area contributed by atoms with Crippen LogP contribution in [0.1, 0.15) is 11.3 Å². The van der Waals surface area contributed by atoms with Crippen LogP contribution in [0.25, 0.3) is 22.6 Å². The van der Waals surface area contributed by atoms with E-state index in [2.05, 4.69) is 16.2 Å². The molecule has 20 heavy (non-hydrogen) atoms. The maximum Gasteiger partial charge on any atom is 0.101 e. The molecule has 0 N–H and O–H groups in total. The van der Waals surface area contributed by atoms with Crippen molar-refractivity contribution < 1.29 is 0 Å². The van der Waals surface area contributed by atoms with Gasteiger partial charge in [0.05, 0.1) is 23.0 Å². The number of hydrogen-bond donors (Lipinski definition) is 0. The molecule has 3 aromatic rings. The van der Waals surface area contributed by atoms with Gasteiger partial charge < -0.3 is 0 Å². The lowest BCUT2D eigenvalue weighted by Gasteiger charge is -2.01. The van der Waals surface area contributed by atoms with Crippen LogP contribution < -0.4 is 0 Å². The van der Waals surface area contributed by atoms with Crippen LogP contribution in [0.4, 0.5) is 0 Å². The molecule has 0 saturated heterocycles. The predicted molar refractivity (Wildman–Crippen MR) is 78.4 cm³/mol. The minimum atomic E-state index is 0.531. The van der Waals surface area contributed by atoms with Crippen molar-refractivity contribution in [2.24, 2.45) is 7.05 Å². The number of nitriles is 1. The Hall–Kier alpha value is -2.93. The molecule has 0 saturated carbocycles. The first-order valence-electron chi connectivity index (χ1n) is 6.23. The van der Waals surface area contributed by atoms with Gasteiger partial charge in [-0.3, -0.25) is 4.68 Å². The molecule has 0 aliphatic rings. The molecule has 0 spiro atoms. The number of allylic oxidation sites excluding steroid dienone is 1. The number of aromatic nitrogens is 3. The lowest BCUT2D eigenvalue weighted by Crippen LogP contribution is -1.88. The molecule has 0 aliphatic heterocycles. The highest BCUT2D eigenvalue weighted by Crippen LogP contribution is 2.19. The van der Waals surface area contributed by atoms with E-state index in [1.807, 2.05) is 49.6 Å². The van der Waals surface area contributed by atoms with Crippen LogP contribution in [0.15, 0.2) is 48.8 Å². The normalized spacial score (nSPS) is 11.5. The van der Waals surface area contributed by atoms with Crippen molar-refractivity contribution in [3.05, 3.63) is 60.0 Å². The molecule has 2 heterocycles. The van der Waals surface area contributed by atoms with Crippen molar-refractivity contribution in [2.45, 2.75) is 0 Å². The van der Waals surface area contributed by atoms with Crippen molar-refractivity contribution in [2.75, 3.05) is 0 Å². The molecule has 96 valence electrons. The van der Waals surface area contributed by atoms with Gasteiger partial charge in [0, 0.05) is 24.2 Å². The summed E-state index contributed by atoms with van der Waals surface area (Å²) in [7, 11) is 1.84. The van der Waals surface area contributed by atoms with Gasteiger partial charge in [-0.2, -0.15) is 10.4 Å². The molecule has 0 aliphatic carbocycles. The fourth-order valence-electron chi connectivity index (χ4n) is 2.06. The summed E-state index contributed by atoms with van der Waals surface area (Å²) < 4.78 is 1.70. The predicted octanol–water partition coefficient (Wildman–Crippen LogP) is 3.03. The number of pyridine rings is 1. The van der Waals surface area contributed by atoms with E-state index in [0.717, 1.165) is 16.5 Å². The number of nitrogens with zero attached hydrogens (tertiary/aromatic N) is 4. The molecular formula is C16H12N4. The van der Waals surface area contributed by atoms with Gasteiger partial charge in [0.15, 0.2) is 0 Å². The minimum Gasteiger partial charge on any atom is -0.275 e. The zero-order valence-electron chi connectivity index (χ0n) is 11.0. The summed E-state index contributed by atoms with van der Waals surface area (Å²) in [4.78, 5) is 4.53. The zero-order chi connectivity index (χ0) is 13.9. The quantitative estimate of drug-likeness (QED) is 0.665. The zero-order valence-corrected chi connectivity index (χ0v) is 11.0. The smallest absolute Gasteiger partial charge is 0.101 e. The second-order valence-electron chi connectivity index (χ2n) is 4.51.